The van der Waals surface area contributed by atoms with E-state index >= 15 is 0 Å². The number of amides is 1. The minimum Gasteiger partial charge on any atom is -0.353 e. The van der Waals surface area contributed by atoms with Crippen molar-refractivity contribution in [3.8, 4) is 0 Å². The molecule has 1 saturated heterocycles. The van der Waals surface area contributed by atoms with E-state index in [-0.39, 0.29) is 11.8 Å². The second-order valence-electron chi connectivity index (χ2n) is 8.80. The number of benzene rings is 1. The molecule has 3 atom stereocenters. The molecule has 1 aliphatic carbocycles. The fourth-order valence-electron chi connectivity index (χ4n) is 4.73. The number of hydrogen-bond donors (Lipinski definition) is 1. The summed E-state index contributed by atoms with van der Waals surface area (Å²) in [4.78, 5) is 20.0. The smallest absolute Gasteiger partial charge is 0.223 e. The Morgan fingerprint density at radius 1 is 1.21 bits per heavy atom. The number of carbonyl (C=O) groups excluding carboxylic acids is 1. The van der Waals surface area contributed by atoms with Crippen molar-refractivity contribution in [1.29, 1.82) is 0 Å². The minimum absolute atomic E-state index is 0.154. The number of piperidine rings is 1. The molecule has 4 rings (SSSR count). The Morgan fingerprint density at radius 3 is 2.75 bits per heavy atom. The van der Waals surface area contributed by atoms with E-state index < -0.39 is 0 Å². The second kappa shape index (κ2) is 8.40. The van der Waals surface area contributed by atoms with Gasteiger partial charge in [0.25, 0.3) is 0 Å². The number of anilines is 1. The average Bonchev–Trinajstić information content (AvgIpc) is 3.14. The molecule has 0 unspecified atom stereocenters. The molecule has 152 valence electrons. The molecule has 4 nitrogen and oxygen atoms in total. The van der Waals surface area contributed by atoms with E-state index in [0.717, 1.165) is 49.4 Å². The molecule has 0 bridgehead atoms. The number of fused-ring (bicyclic) bond motifs is 1. The van der Waals surface area contributed by atoms with Gasteiger partial charge in [0.05, 0.1) is 10.2 Å². The third kappa shape index (κ3) is 4.05. The number of nitrogens with one attached hydrogen (secondary N) is 1. The van der Waals surface area contributed by atoms with Gasteiger partial charge in [-0.3, -0.25) is 4.79 Å². The predicted molar refractivity (Wildman–Crippen MR) is 118 cm³/mol. The van der Waals surface area contributed by atoms with E-state index in [1.54, 1.807) is 11.3 Å². The molecule has 5 heteroatoms. The summed E-state index contributed by atoms with van der Waals surface area (Å²) in [6, 6.07) is 6.95. The van der Waals surface area contributed by atoms with Crippen molar-refractivity contribution in [2.45, 2.75) is 65.3 Å². The molecule has 1 saturated carbocycles. The summed E-state index contributed by atoms with van der Waals surface area (Å²) in [7, 11) is 0. The lowest BCUT2D eigenvalue weighted by atomic mass is 9.78. The van der Waals surface area contributed by atoms with Gasteiger partial charge >= 0.3 is 0 Å². The predicted octanol–water partition coefficient (Wildman–Crippen LogP) is 5.02. The largest absolute Gasteiger partial charge is 0.353 e. The van der Waals surface area contributed by atoms with Crippen LogP contribution in [-0.2, 0) is 11.2 Å². The van der Waals surface area contributed by atoms with Gasteiger partial charge in [0, 0.05) is 25.0 Å². The first-order valence-electron chi connectivity index (χ1n) is 11.0. The van der Waals surface area contributed by atoms with E-state index in [1.807, 2.05) is 0 Å². The molecule has 2 fully saturated rings. The third-order valence-corrected chi connectivity index (χ3v) is 8.10. The summed E-state index contributed by atoms with van der Waals surface area (Å²) in [6.07, 6.45) is 6.60. The number of thiazole rings is 1. The second-order valence-corrected chi connectivity index (χ2v) is 9.80. The quantitative estimate of drug-likeness (QED) is 0.785. The van der Waals surface area contributed by atoms with Crippen LogP contribution >= 0.6 is 11.3 Å². The van der Waals surface area contributed by atoms with Crippen molar-refractivity contribution in [2.24, 2.45) is 17.8 Å². The number of aromatic nitrogens is 1. The maximum absolute atomic E-state index is 12.8. The Morgan fingerprint density at radius 2 is 2.00 bits per heavy atom. The van der Waals surface area contributed by atoms with Crippen LogP contribution in [-0.4, -0.2) is 30.0 Å². The van der Waals surface area contributed by atoms with Crippen LogP contribution in [0.4, 0.5) is 5.13 Å². The zero-order chi connectivity index (χ0) is 19.7. The lowest BCUT2D eigenvalue weighted by Crippen LogP contribution is -2.48. The van der Waals surface area contributed by atoms with Crippen LogP contribution in [0.1, 0.15) is 58.4 Å². The Balaban J connectivity index is 1.34. The van der Waals surface area contributed by atoms with Crippen LogP contribution in [0, 0.1) is 17.8 Å². The molecule has 28 heavy (non-hydrogen) atoms. The number of rotatable bonds is 4. The van der Waals surface area contributed by atoms with Crippen molar-refractivity contribution in [1.82, 2.24) is 10.3 Å². The van der Waals surface area contributed by atoms with Crippen LogP contribution < -0.4 is 10.2 Å². The maximum Gasteiger partial charge on any atom is 0.223 e. The monoisotopic (exact) mass is 399 g/mol. The zero-order valence-electron chi connectivity index (χ0n) is 17.4. The lowest BCUT2D eigenvalue weighted by molar-refractivity contribution is -0.127. The lowest BCUT2D eigenvalue weighted by Gasteiger charge is -2.37. The molecule has 1 aromatic heterocycles. The van der Waals surface area contributed by atoms with Crippen molar-refractivity contribution in [3.63, 3.8) is 0 Å². The summed E-state index contributed by atoms with van der Waals surface area (Å²) in [5.41, 5.74) is 2.46. The molecule has 2 aliphatic rings. The first kappa shape index (κ1) is 19.7. The maximum atomic E-state index is 12.8. The highest BCUT2D eigenvalue weighted by molar-refractivity contribution is 7.22. The van der Waals surface area contributed by atoms with Crippen molar-refractivity contribution in [2.75, 3.05) is 18.0 Å². The highest BCUT2D eigenvalue weighted by Crippen LogP contribution is 2.33. The van der Waals surface area contributed by atoms with Gasteiger partial charge in [-0.05, 0) is 55.2 Å². The van der Waals surface area contributed by atoms with Crippen LogP contribution in [0.3, 0.4) is 0 Å². The fraction of sp³-hybridized carbons (Fsp3) is 0.652. The molecule has 1 N–H and O–H groups in total. The summed E-state index contributed by atoms with van der Waals surface area (Å²) in [5.74, 6) is 1.74. The van der Waals surface area contributed by atoms with E-state index in [4.69, 9.17) is 4.98 Å². The van der Waals surface area contributed by atoms with Crippen LogP contribution in [0.5, 0.6) is 0 Å². The van der Waals surface area contributed by atoms with Crippen molar-refractivity contribution < 1.29 is 4.79 Å². The number of nitrogens with zero attached hydrogens (tertiary/aromatic N) is 2. The minimum atomic E-state index is 0.154. The first-order valence-corrected chi connectivity index (χ1v) is 11.8. The third-order valence-electron chi connectivity index (χ3n) is 7.02. The van der Waals surface area contributed by atoms with Gasteiger partial charge in [-0.15, -0.1) is 0 Å². The molecule has 1 aromatic carbocycles. The van der Waals surface area contributed by atoms with Gasteiger partial charge in [-0.25, -0.2) is 4.98 Å². The zero-order valence-corrected chi connectivity index (χ0v) is 18.2. The van der Waals surface area contributed by atoms with Crippen molar-refractivity contribution >= 4 is 32.6 Å². The number of aryl methyl sites for hydroxylation is 1. The first-order chi connectivity index (χ1) is 13.5. The Labute approximate surface area is 172 Å². The van der Waals surface area contributed by atoms with Gasteiger partial charge in [0.2, 0.25) is 5.91 Å². The fourth-order valence-corrected chi connectivity index (χ4v) is 5.81. The molecular formula is C23H33N3OS. The van der Waals surface area contributed by atoms with Crippen molar-refractivity contribution in [3.05, 3.63) is 23.8 Å². The van der Waals surface area contributed by atoms with Gasteiger partial charge in [-0.1, -0.05) is 51.0 Å². The summed E-state index contributed by atoms with van der Waals surface area (Å²) >= 11 is 1.79. The molecule has 1 amide bonds. The van der Waals surface area contributed by atoms with Crippen LogP contribution in [0.25, 0.3) is 10.2 Å². The molecular weight excluding hydrogens is 366 g/mol. The van der Waals surface area contributed by atoms with E-state index in [0.29, 0.717) is 17.9 Å². The Hall–Kier alpha value is -1.62. The molecule has 2 heterocycles. The number of carbonyl (C=O) groups is 1. The van der Waals surface area contributed by atoms with Gasteiger partial charge < -0.3 is 10.2 Å². The summed E-state index contributed by atoms with van der Waals surface area (Å²) in [6.45, 7) is 8.66. The van der Waals surface area contributed by atoms with Crippen LogP contribution in [0.2, 0.25) is 0 Å². The van der Waals surface area contributed by atoms with Gasteiger partial charge in [0.15, 0.2) is 5.13 Å². The van der Waals surface area contributed by atoms with E-state index in [9.17, 15) is 4.79 Å². The highest BCUT2D eigenvalue weighted by atomic mass is 32.1. The Bertz CT molecular complexity index is 824. The topological polar surface area (TPSA) is 45.2 Å². The molecule has 0 spiro atoms. The van der Waals surface area contributed by atoms with E-state index in [2.05, 4.69) is 49.2 Å². The standard InChI is InChI=1S/C23H33N3OS/c1-4-17-8-9-20-21(14-17)28-23(25-20)26-12-10-18(11-13-26)22(27)24-19-7-5-6-15(2)16(19)3/h8-9,14-16,18-19H,4-7,10-13H2,1-3H3,(H,24,27)/t15-,16-,19-/m1/s1. The molecule has 1 aliphatic heterocycles. The van der Waals surface area contributed by atoms with E-state index in [1.165, 1.54) is 23.1 Å². The highest BCUT2D eigenvalue weighted by Gasteiger charge is 2.32. The number of hydrogen-bond acceptors (Lipinski definition) is 4. The van der Waals surface area contributed by atoms with Crippen LogP contribution in [0.15, 0.2) is 18.2 Å². The molecule has 2 aromatic rings. The molecule has 0 radical (unpaired) electrons. The SMILES string of the molecule is CCc1ccc2nc(N3CCC(C(=O)N[C@@H]4CCC[C@@H](C)[C@H]4C)CC3)sc2c1. The normalized spacial score (nSPS) is 26.5. The van der Waals surface area contributed by atoms with Gasteiger partial charge in [-0.2, -0.15) is 0 Å². The summed E-state index contributed by atoms with van der Waals surface area (Å²) < 4.78 is 1.27. The summed E-state index contributed by atoms with van der Waals surface area (Å²) in [5, 5.41) is 4.50. The average molecular weight is 400 g/mol. The Kier molecular flexibility index (Phi) is 5.91. The van der Waals surface area contributed by atoms with Gasteiger partial charge in [0.1, 0.15) is 0 Å².